The van der Waals surface area contributed by atoms with Crippen LogP contribution in [0.15, 0.2) is 170 Å². The lowest BCUT2D eigenvalue weighted by Crippen LogP contribution is -2.30. The van der Waals surface area contributed by atoms with Crippen LogP contribution in [0, 0.1) is 0 Å². The lowest BCUT2D eigenvalue weighted by molar-refractivity contribution is 0.475. The predicted octanol–water partition coefficient (Wildman–Crippen LogP) is 11.1. The molecule has 0 fully saturated rings. The van der Waals surface area contributed by atoms with E-state index in [1.807, 2.05) is 24.3 Å². The van der Waals surface area contributed by atoms with E-state index in [4.69, 9.17) is 0 Å². The summed E-state index contributed by atoms with van der Waals surface area (Å²) in [6.07, 6.45) is 0. The highest BCUT2D eigenvalue weighted by atomic mass is 16.3. The first-order chi connectivity index (χ1) is 23.2. The maximum absolute atomic E-state index is 12.0. The molecule has 0 unspecified atom stereocenters. The molecular weight excluding hydrogens is 572 g/mol. The highest BCUT2D eigenvalue weighted by Gasteiger charge is 2.49. The number of phenols is 2. The molecular formula is C45H30O2. The van der Waals surface area contributed by atoms with Gasteiger partial charge in [0.15, 0.2) is 0 Å². The number of hydrogen-bond donors (Lipinski definition) is 2. The molecule has 0 radical (unpaired) electrons. The van der Waals surface area contributed by atoms with Crippen LogP contribution in [-0.4, -0.2) is 10.2 Å². The van der Waals surface area contributed by atoms with Crippen LogP contribution >= 0.6 is 0 Å². The molecule has 8 aromatic rings. The second-order valence-corrected chi connectivity index (χ2v) is 12.3. The van der Waals surface area contributed by atoms with Gasteiger partial charge in [0.05, 0.1) is 5.41 Å². The number of phenolic OH excluding ortho intramolecular Hbond substituents is 2. The van der Waals surface area contributed by atoms with Crippen molar-refractivity contribution >= 4 is 21.5 Å². The summed E-state index contributed by atoms with van der Waals surface area (Å²) in [5, 5.41) is 28.3. The number of benzene rings is 8. The fourth-order valence-corrected chi connectivity index (χ4v) is 8.12. The van der Waals surface area contributed by atoms with E-state index in [1.165, 1.54) is 0 Å². The van der Waals surface area contributed by atoms with Gasteiger partial charge in [-0.15, -0.1) is 0 Å². The van der Waals surface area contributed by atoms with Crippen molar-refractivity contribution in [3.8, 4) is 44.9 Å². The van der Waals surface area contributed by atoms with E-state index in [1.54, 1.807) is 12.1 Å². The lowest BCUT2D eigenvalue weighted by Gasteiger charge is -2.37. The fourth-order valence-electron chi connectivity index (χ4n) is 8.12. The van der Waals surface area contributed by atoms with Crippen molar-refractivity contribution in [2.75, 3.05) is 0 Å². The minimum atomic E-state index is -0.886. The van der Waals surface area contributed by atoms with Crippen LogP contribution in [0.3, 0.4) is 0 Å². The number of aromatic hydroxyl groups is 2. The zero-order valence-corrected chi connectivity index (χ0v) is 25.6. The Labute approximate surface area is 273 Å². The van der Waals surface area contributed by atoms with Crippen molar-refractivity contribution in [1.29, 1.82) is 0 Å². The summed E-state index contributed by atoms with van der Waals surface area (Å²) in [6, 6.07) is 58.2. The van der Waals surface area contributed by atoms with E-state index in [0.717, 1.165) is 77.2 Å². The first kappa shape index (κ1) is 27.2. The van der Waals surface area contributed by atoms with Gasteiger partial charge >= 0.3 is 0 Å². The standard InChI is InChI=1S/C45H30O2/c46-41-27-11-25-39(43(41)35-21-9-15-29-13-1-3-17-31(29)35)45(37-23-7-5-19-33(37)34-20-6-8-24-38(34)45)40-26-12-28-42(47)44(40)36-22-10-16-30-14-2-4-18-32(30)36/h1-28,46-47H. The molecule has 0 spiro atoms. The highest BCUT2D eigenvalue weighted by molar-refractivity contribution is 6.03. The molecule has 0 atom stereocenters. The molecule has 8 aromatic carbocycles. The summed E-state index contributed by atoms with van der Waals surface area (Å²) < 4.78 is 0. The molecule has 9 rings (SSSR count). The number of rotatable bonds is 4. The molecule has 0 amide bonds. The summed E-state index contributed by atoms with van der Waals surface area (Å²) >= 11 is 0. The summed E-state index contributed by atoms with van der Waals surface area (Å²) in [5.74, 6) is 0.430. The van der Waals surface area contributed by atoms with Crippen LogP contribution in [0.5, 0.6) is 11.5 Å². The maximum Gasteiger partial charge on any atom is 0.123 e. The zero-order chi connectivity index (χ0) is 31.5. The van der Waals surface area contributed by atoms with Gasteiger partial charge in [0, 0.05) is 11.1 Å². The van der Waals surface area contributed by atoms with Crippen LogP contribution in [0.25, 0.3) is 54.9 Å². The molecule has 2 N–H and O–H groups in total. The van der Waals surface area contributed by atoms with Crippen molar-refractivity contribution in [2.45, 2.75) is 5.41 Å². The van der Waals surface area contributed by atoms with Gasteiger partial charge < -0.3 is 10.2 Å². The molecule has 0 heterocycles. The summed E-state index contributed by atoms with van der Waals surface area (Å²) in [6.45, 7) is 0. The average molecular weight is 603 g/mol. The third-order valence-corrected chi connectivity index (χ3v) is 9.96. The van der Waals surface area contributed by atoms with Gasteiger partial charge in [-0.2, -0.15) is 0 Å². The Morgan fingerprint density at radius 2 is 0.638 bits per heavy atom. The fraction of sp³-hybridized carbons (Fsp3) is 0.0222. The molecule has 1 aliphatic carbocycles. The third kappa shape index (κ3) is 3.85. The quantitative estimate of drug-likeness (QED) is 0.210. The largest absolute Gasteiger partial charge is 0.507 e. The van der Waals surface area contributed by atoms with Crippen molar-refractivity contribution in [2.24, 2.45) is 0 Å². The smallest absolute Gasteiger partial charge is 0.123 e. The van der Waals surface area contributed by atoms with Gasteiger partial charge in [-0.1, -0.05) is 158 Å². The summed E-state index contributed by atoms with van der Waals surface area (Å²) in [4.78, 5) is 0. The molecule has 47 heavy (non-hydrogen) atoms. The Hall–Kier alpha value is -6.12. The molecule has 0 bridgehead atoms. The molecule has 0 aromatic heterocycles. The third-order valence-electron chi connectivity index (χ3n) is 9.96. The highest BCUT2D eigenvalue weighted by Crippen LogP contribution is 2.61. The van der Waals surface area contributed by atoms with Crippen LogP contribution in [-0.2, 0) is 5.41 Å². The SMILES string of the molecule is Oc1cccc(C2(c3cccc(O)c3-c3cccc4ccccc34)c3ccccc3-c3ccccc32)c1-c1cccc2ccccc12. The topological polar surface area (TPSA) is 40.5 Å². The Morgan fingerprint density at radius 1 is 0.298 bits per heavy atom. The van der Waals surface area contributed by atoms with Crippen LogP contribution in [0.2, 0.25) is 0 Å². The van der Waals surface area contributed by atoms with Crippen LogP contribution in [0.4, 0.5) is 0 Å². The van der Waals surface area contributed by atoms with Gasteiger partial charge in [-0.25, -0.2) is 0 Å². The molecule has 2 nitrogen and oxygen atoms in total. The molecule has 1 aliphatic rings. The van der Waals surface area contributed by atoms with E-state index in [9.17, 15) is 10.2 Å². The van der Waals surface area contributed by atoms with Gasteiger partial charge in [0.2, 0.25) is 0 Å². The van der Waals surface area contributed by atoms with Crippen molar-refractivity contribution < 1.29 is 10.2 Å². The molecule has 0 aliphatic heterocycles. The normalized spacial score (nSPS) is 13.0. The van der Waals surface area contributed by atoms with E-state index in [2.05, 4.69) is 133 Å². The minimum absolute atomic E-state index is 0.215. The Balaban J connectivity index is 1.50. The van der Waals surface area contributed by atoms with Crippen molar-refractivity contribution in [1.82, 2.24) is 0 Å². The van der Waals surface area contributed by atoms with Gasteiger partial charge in [-0.05, 0) is 78.2 Å². The summed E-state index contributed by atoms with van der Waals surface area (Å²) in [7, 11) is 0. The van der Waals surface area contributed by atoms with Crippen molar-refractivity contribution in [3.05, 3.63) is 192 Å². The first-order valence-corrected chi connectivity index (χ1v) is 16.0. The Kier molecular flexibility index (Phi) is 6.06. The Bertz CT molecular complexity index is 2320. The van der Waals surface area contributed by atoms with E-state index < -0.39 is 5.41 Å². The minimum Gasteiger partial charge on any atom is -0.507 e. The number of hydrogen-bond acceptors (Lipinski definition) is 2. The van der Waals surface area contributed by atoms with Gasteiger partial charge in [0.1, 0.15) is 11.5 Å². The van der Waals surface area contributed by atoms with Crippen molar-refractivity contribution in [3.63, 3.8) is 0 Å². The lowest BCUT2D eigenvalue weighted by atomic mass is 9.63. The van der Waals surface area contributed by atoms with E-state index in [-0.39, 0.29) is 11.5 Å². The summed E-state index contributed by atoms with van der Waals surface area (Å²) in [5.41, 5.74) is 9.02. The monoisotopic (exact) mass is 602 g/mol. The van der Waals surface area contributed by atoms with Crippen LogP contribution < -0.4 is 0 Å². The Morgan fingerprint density at radius 3 is 1.13 bits per heavy atom. The maximum atomic E-state index is 12.0. The van der Waals surface area contributed by atoms with E-state index >= 15 is 0 Å². The van der Waals surface area contributed by atoms with E-state index in [0.29, 0.717) is 0 Å². The van der Waals surface area contributed by atoms with Gasteiger partial charge in [-0.3, -0.25) is 0 Å². The average Bonchev–Trinajstić information content (AvgIpc) is 3.42. The zero-order valence-electron chi connectivity index (χ0n) is 25.6. The molecule has 2 heteroatoms. The first-order valence-electron chi connectivity index (χ1n) is 16.0. The second kappa shape index (κ2) is 10.5. The second-order valence-electron chi connectivity index (χ2n) is 12.3. The molecule has 222 valence electrons. The van der Waals surface area contributed by atoms with Gasteiger partial charge in [0.25, 0.3) is 0 Å². The molecule has 0 saturated carbocycles. The number of fused-ring (bicyclic) bond motifs is 5. The molecule has 0 saturated heterocycles. The van der Waals surface area contributed by atoms with Crippen LogP contribution in [0.1, 0.15) is 22.3 Å². The predicted molar refractivity (Wildman–Crippen MR) is 193 cm³/mol.